The second-order valence-corrected chi connectivity index (χ2v) is 3.43. The van der Waals surface area contributed by atoms with Crippen LogP contribution in [0.1, 0.15) is 11.1 Å². The largest absolute Gasteiger partial charge is 0.439 e. The summed E-state index contributed by atoms with van der Waals surface area (Å²) in [5.74, 6) is 0.943. The maximum Gasteiger partial charge on any atom is 0.200 e. The molecule has 1 heterocycles. The Bertz CT molecular complexity index is 629. The molecule has 1 aromatic heterocycles. The molecule has 0 aliphatic rings. The highest BCUT2D eigenvalue weighted by molar-refractivity contribution is 5.49. The lowest BCUT2D eigenvalue weighted by atomic mass is 10.1. The molecule has 17 heavy (non-hydrogen) atoms. The van der Waals surface area contributed by atoms with Gasteiger partial charge in [-0.3, -0.25) is 0 Å². The summed E-state index contributed by atoms with van der Waals surface area (Å²) in [5.41, 5.74) is 0.849. The Kier molecular flexibility index (Phi) is 2.81. The Hall–Kier alpha value is -2.72. The number of nitrogens with zero attached hydrogens (tertiary/aromatic N) is 3. The topological polar surface area (TPSA) is 61.7 Å². The molecular weight excluding hydrogens is 214 g/mol. The molecule has 0 aliphatic heterocycles. The number of aryl methyl sites for hydroxylation is 1. The van der Waals surface area contributed by atoms with Crippen molar-refractivity contribution < 1.29 is 4.74 Å². The van der Waals surface area contributed by atoms with Crippen LogP contribution in [0.15, 0.2) is 30.5 Å². The number of rotatable bonds is 2. The maximum absolute atomic E-state index is 8.95. The predicted octanol–water partition coefficient (Wildman–Crippen LogP) is 2.36. The van der Waals surface area contributed by atoms with E-state index in [2.05, 4.69) is 6.07 Å². The molecule has 0 saturated heterocycles. The van der Waals surface area contributed by atoms with Crippen LogP contribution >= 0.6 is 0 Å². The van der Waals surface area contributed by atoms with E-state index >= 15 is 0 Å². The fourth-order valence-electron chi connectivity index (χ4n) is 1.37. The molecular formula is C13H8N3O. The van der Waals surface area contributed by atoms with Crippen LogP contribution in [0.3, 0.4) is 0 Å². The highest BCUT2D eigenvalue weighted by atomic mass is 16.5. The molecule has 81 valence electrons. The fraction of sp³-hybridized carbons (Fsp3) is 0.0769. The average molecular weight is 222 g/mol. The maximum atomic E-state index is 8.95. The van der Waals surface area contributed by atoms with E-state index in [1.807, 2.05) is 19.2 Å². The quantitative estimate of drug-likeness (QED) is 0.783. The van der Waals surface area contributed by atoms with Gasteiger partial charge in [0.2, 0.25) is 0 Å². The van der Waals surface area contributed by atoms with Crippen LogP contribution in [0.2, 0.25) is 0 Å². The van der Waals surface area contributed by atoms with Crippen molar-refractivity contribution in [2.75, 3.05) is 0 Å². The molecule has 2 rings (SSSR count). The first-order valence-corrected chi connectivity index (χ1v) is 4.89. The lowest BCUT2D eigenvalue weighted by Gasteiger charge is -2.08. The number of hydrogen-bond donors (Lipinski definition) is 0. The number of aromatic nitrogens is 1. The number of hydrogen-bond acceptors (Lipinski definition) is 3. The molecule has 0 N–H and O–H groups in total. The van der Waals surface area contributed by atoms with Crippen molar-refractivity contribution in [1.29, 1.82) is 10.5 Å². The van der Waals surface area contributed by atoms with Crippen molar-refractivity contribution in [1.82, 2.24) is 4.57 Å². The Morgan fingerprint density at radius 3 is 2.71 bits per heavy atom. The van der Waals surface area contributed by atoms with Gasteiger partial charge < -0.3 is 9.30 Å². The van der Waals surface area contributed by atoms with Gasteiger partial charge in [0.25, 0.3) is 0 Å². The third kappa shape index (κ3) is 2.11. The summed E-state index contributed by atoms with van der Waals surface area (Å²) in [4.78, 5) is 0. The summed E-state index contributed by atoms with van der Waals surface area (Å²) < 4.78 is 7.31. The van der Waals surface area contributed by atoms with Crippen LogP contribution in [-0.4, -0.2) is 4.57 Å². The van der Waals surface area contributed by atoms with Crippen molar-refractivity contribution >= 4 is 0 Å². The van der Waals surface area contributed by atoms with Crippen LogP contribution < -0.4 is 4.74 Å². The molecule has 2 aromatic rings. The van der Waals surface area contributed by atoms with E-state index < -0.39 is 0 Å². The summed E-state index contributed by atoms with van der Waals surface area (Å²) in [5, 5.41) is 17.8. The number of benzene rings is 1. The van der Waals surface area contributed by atoms with Crippen LogP contribution in [0.25, 0.3) is 0 Å². The van der Waals surface area contributed by atoms with Crippen molar-refractivity contribution in [3.8, 4) is 23.8 Å². The van der Waals surface area contributed by atoms with Gasteiger partial charge in [-0.15, -0.1) is 0 Å². The van der Waals surface area contributed by atoms with E-state index in [-0.39, 0.29) is 0 Å². The van der Waals surface area contributed by atoms with Gasteiger partial charge >= 0.3 is 0 Å². The third-order valence-electron chi connectivity index (χ3n) is 2.27. The first kappa shape index (κ1) is 10.8. The standard InChI is InChI=1S/C13H8N3O/c1-16-6-2-3-13(16)17-12-7-10(8-14)4-5-11(12)9-15/h3-7H,1H3. The van der Waals surface area contributed by atoms with E-state index in [1.165, 1.54) is 0 Å². The summed E-state index contributed by atoms with van der Waals surface area (Å²) in [6.45, 7) is 0. The predicted molar refractivity (Wildman–Crippen MR) is 60.2 cm³/mol. The highest BCUT2D eigenvalue weighted by Crippen LogP contribution is 2.25. The van der Waals surface area contributed by atoms with Gasteiger partial charge in [0, 0.05) is 25.4 Å². The summed E-state index contributed by atoms with van der Waals surface area (Å²) in [6.07, 6.45) is 1.72. The van der Waals surface area contributed by atoms with Crippen molar-refractivity contribution in [3.63, 3.8) is 0 Å². The molecule has 0 fully saturated rings. The molecule has 0 aliphatic carbocycles. The van der Waals surface area contributed by atoms with Gasteiger partial charge in [0.15, 0.2) is 5.88 Å². The van der Waals surface area contributed by atoms with Gasteiger partial charge in [-0.05, 0) is 18.2 Å². The lowest BCUT2D eigenvalue weighted by molar-refractivity contribution is 0.442. The van der Waals surface area contributed by atoms with E-state index in [0.717, 1.165) is 0 Å². The SMILES string of the molecule is Cn1c[c]cc1Oc1cc(C#N)ccc1C#N. The van der Waals surface area contributed by atoms with E-state index in [1.54, 1.807) is 35.0 Å². The zero-order valence-electron chi connectivity index (χ0n) is 9.14. The molecule has 0 amide bonds. The van der Waals surface area contributed by atoms with Crippen molar-refractivity contribution in [3.05, 3.63) is 47.7 Å². The second-order valence-electron chi connectivity index (χ2n) is 3.43. The molecule has 0 unspecified atom stereocenters. The molecule has 4 heteroatoms. The van der Waals surface area contributed by atoms with Crippen LogP contribution in [-0.2, 0) is 7.05 Å². The van der Waals surface area contributed by atoms with Gasteiger partial charge in [0.1, 0.15) is 11.8 Å². The number of ether oxygens (including phenoxy) is 1. The van der Waals surface area contributed by atoms with E-state index in [9.17, 15) is 0 Å². The van der Waals surface area contributed by atoms with E-state index in [0.29, 0.717) is 22.8 Å². The zero-order valence-corrected chi connectivity index (χ0v) is 9.14. The summed E-state index contributed by atoms with van der Waals surface area (Å²) >= 11 is 0. The first-order valence-electron chi connectivity index (χ1n) is 4.89. The van der Waals surface area contributed by atoms with Crippen LogP contribution in [0.5, 0.6) is 11.6 Å². The van der Waals surface area contributed by atoms with Crippen LogP contribution in [0, 0.1) is 28.7 Å². The highest BCUT2D eigenvalue weighted by Gasteiger charge is 2.07. The lowest BCUT2D eigenvalue weighted by Crippen LogP contribution is -1.94. The third-order valence-corrected chi connectivity index (χ3v) is 2.27. The van der Waals surface area contributed by atoms with Crippen LogP contribution in [0.4, 0.5) is 0 Å². The van der Waals surface area contributed by atoms with Gasteiger partial charge in [-0.1, -0.05) is 0 Å². The van der Waals surface area contributed by atoms with E-state index in [4.69, 9.17) is 15.3 Å². The zero-order chi connectivity index (χ0) is 12.3. The first-order chi connectivity index (χ1) is 8.24. The minimum atomic E-state index is 0.377. The minimum absolute atomic E-state index is 0.377. The smallest absolute Gasteiger partial charge is 0.200 e. The molecule has 0 atom stereocenters. The Balaban J connectivity index is 2.42. The fourth-order valence-corrected chi connectivity index (χ4v) is 1.37. The minimum Gasteiger partial charge on any atom is -0.439 e. The summed E-state index contributed by atoms with van der Waals surface area (Å²) in [6, 6.07) is 13.3. The normalized spacial score (nSPS) is 9.35. The summed E-state index contributed by atoms with van der Waals surface area (Å²) in [7, 11) is 1.81. The second kappa shape index (κ2) is 4.42. The van der Waals surface area contributed by atoms with Gasteiger partial charge in [0.05, 0.1) is 17.2 Å². The van der Waals surface area contributed by atoms with Crippen molar-refractivity contribution in [2.45, 2.75) is 0 Å². The Labute approximate surface area is 98.9 Å². The Morgan fingerprint density at radius 1 is 1.29 bits per heavy atom. The van der Waals surface area contributed by atoms with Crippen molar-refractivity contribution in [2.24, 2.45) is 7.05 Å². The number of nitriles is 2. The molecule has 0 spiro atoms. The molecule has 1 aromatic carbocycles. The molecule has 0 bridgehead atoms. The van der Waals surface area contributed by atoms with Gasteiger partial charge in [-0.25, -0.2) is 0 Å². The molecule has 1 radical (unpaired) electrons. The molecule has 0 saturated carbocycles. The monoisotopic (exact) mass is 222 g/mol. The molecule has 4 nitrogen and oxygen atoms in total. The Morgan fingerprint density at radius 2 is 2.12 bits per heavy atom. The average Bonchev–Trinajstić information content (AvgIpc) is 2.75. The van der Waals surface area contributed by atoms with Gasteiger partial charge in [-0.2, -0.15) is 10.5 Å².